The number of rotatable bonds is 4. The molecule has 0 aliphatic heterocycles. The zero-order chi connectivity index (χ0) is 17.9. The van der Waals surface area contributed by atoms with Crippen molar-refractivity contribution in [2.45, 2.75) is 12.3 Å². The van der Waals surface area contributed by atoms with Gasteiger partial charge < -0.3 is 15.3 Å². The monoisotopic (exact) mass is 346 g/mol. The van der Waals surface area contributed by atoms with Gasteiger partial charge in [0.15, 0.2) is 6.10 Å². The fraction of sp³-hybridized carbons (Fsp3) is 0.286. The average Bonchev–Trinajstić information content (AvgIpc) is 3.00. The molecule has 6 nitrogen and oxygen atoms in total. The van der Waals surface area contributed by atoms with Crippen LogP contribution in [0.25, 0.3) is 5.69 Å². The predicted octanol–water partition coefficient (Wildman–Crippen LogP) is 2.40. The van der Waals surface area contributed by atoms with Crippen LogP contribution in [0.2, 0.25) is 0 Å². The first kappa shape index (κ1) is 17.7. The number of carbonyl (C=O) groups is 1. The van der Waals surface area contributed by atoms with Crippen molar-refractivity contribution in [3.8, 4) is 5.69 Å². The Kier molecular flexibility index (Phi) is 5.07. The van der Waals surface area contributed by atoms with Crippen molar-refractivity contribution >= 4 is 11.7 Å². The summed E-state index contributed by atoms with van der Waals surface area (Å²) < 4.78 is 51.8. The van der Waals surface area contributed by atoms with E-state index in [0.717, 1.165) is 19.2 Å². The summed E-state index contributed by atoms with van der Waals surface area (Å²) in [6.45, 7) is -0.957. The zero-order valence-corrected chi connectivity index (χ0v) is 12.5. The van der Waals surface area contributed by atoms with Crippen LogP contribution in [0.3, 0.4) is 0 Å². The molecule has 2 rings (SSSR count). The molecular formula is C14H14F4N4O2. The lowest BCUT2D eigenvalue weighted by molar-refractivity contribution is -0.205. The molecule has 1 unspecified atom stereocenters. The highest BCUT2D eigenvalue weighted by Crippen LogP contribution is 2.23. The molecule has 130 valence electrons. The quantitative estimate of drug-likeness (QED) is 0.835. The maximum atomic E-state index is 13.4. The minimum Gasteiger partial charge on any atom is -0.382 e. The van der Waals surface area contributed by atoms with E-state index in [1.807, 2.05) is 0 Å². The molecule has 0 bridgehead atoms. The third-order valence-corrected chi connectivity index (χ3v) is 3.12. The standard InChI is InChI=1S/C14H14F4N4O2/c1-21(8-12(23)14(16,17)18)13(24)20-10-7-9(15)3-4-11(10)22-6-2-5-19-22/h2-7,12,23H,8H2,1H3,(H,20,24). The highest BCUT2D eigenvalue weighted by atomic mass is 19.4. The second-order valence-corrected chi connectivity index (χ2v) is 4.98. The van der Waals surface area contributed by atoms with Crippen LogP contribution in [0.15, 0.2) is 36.7 Å². The van der Waals surface area contributed by atoms with Gasteiger partial charge in [-0.05, 0) is 24.3 Å². The molecule has 2 N–H and O–H groups in total. The summed E-state index contributed by atoms with van der Waals surface area (Å²) in [5, 5.41) is 15.3. The van der Waals surface area contributed by atoms with E-state index in [0.29, 0.717) is 10.6 Å². The summed E-state index contributed by atoms with van der Waals surface area (Å²) in [5.74, 6) is -0.640. The molecule has 0 aliphatic carbocycles. The Morgan fingerprint density at radius 1 is 1.46 bits per heavy atom. The van der Waals surface area contributed by atoms with E-state index in [1.165, 1.54) is 16.9 Å². The van der Waals surface area contributed by atoms with Crippen LogP contribution in [0.1, 0.15) is 0 Å². The largest absolute Gasteiger partial charge is 0.416 e. The van der Waals surface area contributed by atoms with Gasteiger partial charge in [0.25, 0.3) is 0 Å². The van der Waals surface area contributed by atoms with Gasteiger partial charge in [-0.2, -0.15) is 18.3 Å². The van der Waals surface area contributed by atoms with E-state index < -0.39 is 30.7 Å². The van der Waals surface area contributed by atoms with E-state index in [9.17, 15) is 22.4 Å². The van der Waals surface area contributed by atoms with Crippen molar-refractivity contribution in [1.82, 2.24) is 14.7 Å². The Labute approximate surface area is 134 Å². The Bertz CT molecular complexity index is 703. The number of benzene rings is 1. The maximum Gasteiger partial charge on any atom is 0.416 e. The number of hydrogen-bond acceptors (Lipinski definition) is 3. The molecule has 0 radical (unpaired) electrons. The van der Waals surface area contributed by atoms with Crippen molar-refractivity contribution in [1.29, 1.82) is 0 Å². The molecule has 0 spiro atoms. The van der Waals surface area contributed by atoms with E-state index in [2.05, 4.69) is 10.4 Å². The Morgan fingerprint density at radius 3 is 2.75 bits per heavy atom. The van der Waals surface area contributed by atoms with Crippen molar-refractivity contribution in [2.24, 2.45) is 0 Å². The normalized spacial score (nSPS) is 12.8. The number of carbonyl (C=O) groups excluding carboxylic acids is 1. The van der Waals surface area contributed by atoms with Gasteiger partial charge in [-0.1, -0.05) is 0 Å². The first-order chi connectivity index (χ1) is 11.2. The second kappa shape index (κ2) is 6.87. The summed E-state index contributed by atoms with van der Waals surface area (Å²) in [4.78, 5) is 12.6. The third-order valence-electron chi connectivity index (χ3n) is 3.12. The van der Waals surface area contributed by atoms with Crippen LogP contribution < -0.4 is 5.32 Å². The molecule has 1 aromatic carbocycles. The highest BCUT2D eigenvalue weighted by Gasteiger charge is 2.39. The Balaban J connectivity index is 2.15. The van der Waals surface area contributed by atoms with E-state index in [4.69, 9.17) is 5.11 Å². The van der Waals surface area contributed by atoms with Crippen molar-refractivity contribution in [2.75, 3.05) is 18.9 Å². The third kappa shape index (κ3) is 4.22. The number of urea groups is 1. The number of halogens is 4. The highest BCUT2D eigenvalue weighted by molar-refractivity contribution is 5.91. The molecule has 0 aliphatic rings. The van der Waals surface area contributed by atoms with Gasteiger partial charge in [-0.3, -0.25) is 0 Å². The number of aliphatic hydroxyl groups excluding tert-OH is 1. The number of hydrogen-bond donors (Lipinski definition) is 2. The fourth-order valence-corrected chi connectivity index (χ4v) is 1.88. The van der Waals surface area contributed by atoms with Crippen molar-refractivity contribution in [3.05, 3.63) is 42.5 Å². The van der Waals surface area contributed by atoms with Crippen LogP contribution >= 0.6 is 0 Å². The van der Waals surface area contributed by atoms with Crippen LogP contribution in [0, 0.1) is 5.82 Å². The Morgan fingerprint density at radius 2 is 2.17 bits per heavy atom. The van der Waals surface area contributed by atoms with Gasteiger partial charge in [0, 0.05) is 19.4 Å². The number of alkyl halides is 3. The van der Waals surface area contributed by atoms with Gasteiger partial charge in [-0.25, -0.2) is 13.9 Å². The van der Waals surface area contributed by atoms with E-state index >= 15 is 0 Å². The zero-order valence-electron chi connectivity index (χ0n) is 12.5. The molecule has 2 aromatic rings. The molecular weight excluding hydrogens is 332 g/mol. The number of nitrogens with zero attached hydrogens (tertiary/aromatic N) is 3. The summed E-state index contributed by atoms with van der Waals surface area (Å²) in [6, 6.07) is 4.22. The van der Waals surface area contributed by atoms with Gasteiger partial charge in [0.05, 0.1) is 17.9 Å². The molecule has 2 amide bonds. The minimum atomic E-state index is -4.84. The van der Waals surface area contributed by atoms with Gasteiger partial charge in [-0.15, -0.1) is 0 Å². The van der Waals surface area contributed by atoms with Crippen LogP contribution in [-0.4, -0.2) is 51.7 Å². The topological polar surface area (TPSA) is 70.4 Å². The molecule has 10 heteroatoms. The van der Waals surface area contributed by atoms with Gasteiger partial charge in [0.2, 0.25) is 0 Å². The first-order valence-electron chi connectivity index (χ1n) is 6.75. The molecule has 0 fully saturated rings. The lowest BCUT2D eigenvalue weighted by Crippen LogP contribution is -2.43. The first-order valence-corrected chi connectivity index (χ1v) is 6.75. The smallest absolute Gasteiger partial charge is 0.382 e. The summed E-state index contributed by atoms with van der Waals surface area (Å²) in [6.07, 6.45) is -4.49. The number of aromatic nitrogens is 2. The molecule has 1 heterocycles. The van der Waals surface area contributed by atoms with Crippen LogP contribution in [0.5, 0.6) is 0 Å². The molecule has 24 heavy (non-hydrogen) atoms. The average molecular weight is 346 g/mol. The number of likely N-dealkylation sites (N-methyl/N-ethyl adjacent to an activating group) is 1. The second-order valence-electron chi connectivity index (χ2n) is 4.98. The van der Waals surface area contributed by atoms with Crippen LogP contribution in [0.4, 0.5) is 28.0 Å². The maximum absolute atomic E-state index is 13.4. The number of amides is 2. The summed E-state index contributed by atoms with van der Waals surface area (Å²) in [5.41, 5.74) is 0.358. The molecule has 1 atom stereocenters. The Hall–Kier alpha value is -2.62. The number of nitrogens with one attached hydrogen (secondary N) is 1. The molecule has 1 aromatic heterocycles. The summed E-state index contributed by atoms with van der Waals surface area (Å²) in [7, 11) is 1.08. The minimum absolute atomic E-state index is 0.0250. The SMILES string of the molecule is CN(CC(O)C(F)(F)F)C(=O)Nc1cc(F)ccc1-n1cccn1. The molecule has 0 saturated heterocycles. The van der Waals surface area contributed by atoms with Gasteiger partial charge in [0.1, 0.15) is 5.82 Å². The number of anilines is 1. The van der Waals surface area contributed by atoms with E-state index in [-0.39, 0.29) is 5.69 Å². The van der Waals surface area contributed by atoms with Crippen LogP contribution in [-0.2, 0) is 0 Å². The van der Waals surface area contributed by atoms with E-state index in [1.54, 1.807) is 12.3 Å². The van der Waals surface area contributed by atoms with Crippen molar-refractivity contribution < 1.29 is 27.5 Å². The van der Waals surface area contributed by atoms with Gasteiger partial charge >= 0.3 is 12.2 Å². The lowest BCUT2D eigenvalue weighted by Gasteiger charge is -2.23. The molecule has 0 saturated carbocycles. The summed E-state index contributed by atoms with van der Waals surface area (Å²) >= 11 is 0. The number of aliphatic hydroxyl groups is 1. The lowest BCUT2D eigenvalue weighted by atomic mass is 10.2. The predicted molar refractivity (Wildman–Crippen MR) is 77.2 cm³/mol. The van der Waals surface area contributed by atoms with Crippen molar-refractivity contribution in [3.63, 3.8) is 0 Å². The fourth-order valence-electron chi connectivity index (χ4n) is 1.88.